The molecule has 0 radical (unpaired) electrons. The predicted molar refractivity (Wildman–Crippen MR) is 98.6 cm³/mol. The molecule has 0 saturated heterocycles. The highest BCUT2D eigenvalue weighted by Crippen LogP contribution is 2.25. The summed E-state index contributed by atoms with van der Waals surface area (Å²) in [6, 6.07) is 13.4. The van der Waals surface area contributed by atoms with E-state index >= 15 is 0 Å². The van der Waals surface area contributed by atoms with Gasteiger partial charge in [-0.15, -0.1) is 0 Å². The van der Waals surface area contributed by atoms with Crippen molar-refractivity contribution < 1.29 is 9.53 Å². The number of halogens is 1. The van der Waals surface area contributed by atoms with Crippen molar-refractivity contribution in [1.29, 1.82) is 0 Å². The molecule has 0 aliphatic rings. The second-order valence-corrected chi connectivity index (χ2v) is 6.41. The molecule has 128 valence electrons. The van der Waals surface area contributed by atoms with Gasteiger partial charge in [-0.1, -0.05) is 48.9 Å². The number of carbonyl (C=O) groups is 1. The molecule has 1 N–H and O–H groups in total. The molecule has 0 aliphatic heterocycles. The summed E-state index contributed by atoms with van der Waals surface area (Å²) in [5, 5.41) is 3.56. The summed E-state index contributed by atoms with van der Waals surface area (Å²) in [6.45, 7) is 7.94. The van der Waals surface area contributed by atoms with Gasteiger partial charge in [-0.3, -0.25) is 4.79 Å². The smallest absolute Gasteiger partial charge is 0.261 e. The highest BCUT2D eigenvalue weighted by Gasteiger charge is 2.20. The molecular weight excluding hydrogens is 322 g/mol. The third-order valence-corrected chi connectivity index (χ3v) is 4.48. The number of rotatable bonds is 6. The molecule has 0 spiro atoms. The van der Waals surface area contributed by atoms with Crippen LogP contribution >= 0.6 is 11.6 Å². The van der Waals surface area contributed by atoms with Crippen LogP contribution in [-0.4, -0.2) is 12.0 Å². The Balaban J connectivity index is 2.05. The third kappa shape index (κ3) is 4.51. The molecule has 2 rings (SSSR count). The minimum Gasteiger partial charge on any atom is -0.479 e. The summed E-state index contributed by atoms with van der Waals surface area (Å²) in [7, 11) is 0. The monoisotopic (exact) mass is 345 g/mol. The molecule has 0 bridgehead atoms. The van der Waals surface area contributed by atoms with Gasteiger partial charge in [0.25, 0.3) is 5.91 Å². The highest BCUT2D eigenvalue weighted by molar-refractivity contribution is 6.32. The molecule has 24 heavy (non-hydrogen) atoms. The van der Waals surface area contributed by atoms with Gasteiger partial charge in [0, 0.05) is 0 Å². The fraction of sp³-hybridized carbons (Fsp3) is 0.350. The number of carbonyl (C=O) groups excluding carboxylic acids is 1. The lowest BCUT2D eigenvalue weighted by Crippen LogP contribution is -2.38. The zero-order valence-corrected chi connectivity index (χ0v) is 15.4. The molecule has 2 aromatic carbocycles. The first-order chi connectivity index (χ1) is 11.4. The van der Waals surface area contributed by atoms with Gasteiger partial charge in [-0.25, -0.2) is 0 Å². The summed E-state index contributed by atoms with van der Waals surface area (Å²) in [6.07, 6.45) is 0.193. The molecule has 4 heteroatoms. The largest absolute Gasteiger partial charge is 0.479 e. The van der Waals surface area contributed by atoms with Crippen molar-refractivity contribution in [2.75, 3.05) is 0 Å². The summed E-state index contributed by atoms with van der Waals surface area (Å²) < 4.78 is 5.69. The Hall–Kier alpha value is -2.00. The molecule has 2 unspecified atom stereocenters. The van der Waals surface area contributed by atoms with E-state index in [9.17, 15) is 4.79 Å². The van der Waals surface area contributed by atoms with Crippen molar-refractivity contribution in [2.45, 2.75) is 46.3 Å². The first-order valence-corrected chi connectivity index (χ1v) is 8.59. The number of hydrogen-bond acceptors (Lipinski definition) is 2. The van der Waals surface area contributed by atoms with E-state index in [4.69, 9.17) is 16.3 Å². The molecule has 3 nitrogen and oxygen atoms in total. The maximum absolute atomic E-state index is 12.5. The van der Waals surface area contributed by atoms with E-state index in [1.807, 2.05) is 12.1 Å². The van der Waals surface area contributed by atoms with E-state index in [-0.39, 0.29) is 11.9 Å². The quantitative estimate of drug-likeness (QED) is 0.800. The van der Waals surface area contributed by atoms with E-state index in [1.54, 1.807) is 19.1 Å². The lowest BCUT2D eigenvalue weighted by Gasteiger charge is -2.22. The van der Waals surface area contributed by atoms with Gasteiger partial charge >= 0.3 is 0 Å². The first-order valence-electron chi connectivity index (χ1n) is 8.21. The van der Waals surface area contributed by atoms with Crippen LogP contribution in [0.2, 0.25) is 5.02 Å². The molecule has 1 amide bonds. The van der Waals surface area contributed by atoms with Crippen LogP contribution in [0, 0.1) is 13.8 Å². The fourth-order valence-electron chi connectivity index (χ4n) is 2.48. The van der Waals surface area contributed by atoms with Crippen molar-refractivity contribution >= 4 is 17.5 Å². The standard InChI is InChI=1S/C20H24ClNO2/c1-5-18(16-11-10-13(2)14(3)12-16)22-20(23)15(4)24-19-9-7-6-8-17(19)21/h6-12,15,18H,5H2,1-4H3,(H,22,23). The normalized spacial score (nSPS) is 13.2. The first kappa shape index (κ1) is 18.3. The van der Waals surface area contributed by atoms with E-state index in [0.29, 0.717) is 10.8 Å². The Morgan fingerprint density at radius 1 is 1.17 bits per heavy atom. The van der Waals surface area contributed by atoms with Gasteiger partial charge in [-0.05, 0) is 56.0 Å². The van der Waals surface area contributed by atoms with Crippen LogP contribution in [0.15, 0.2) is 42.5 Å². The number of aryl methyl sites for hydroxylation is 2. The van der Waals surface area contributed by atoms with Gasteiger partial charge in [0.2, 0.25) is 0 Å². The van der Waals surface area contributed by atoms with E-state index < -0.39 is 6.10 Å². The number of amides is 1. The van der Waals surface area contributed by atoms with Gasteiger partial charge in [0.1, 0.15) is 5.75 Å². The van der Waals surface area contributed by atoms with Crippen LogP contribution < -0.4 is 10.1 Å². The van der Waals surface area contributed by atoms with Crippen molar-refractivity contribution in [2.24, 2.45) is 0 Å². The minimum absolute atomic E-state index is 0.0332. The van der Waals surface area contributed by atoms with E-state index in [1.165, 1.54) is 11.1 Å². The lowest BCUT2D eigenvalue weighted by molar-refractivity contribution is -0.128. The topological polar surface area (TPSA) is 38.3 Å². The molecular formula is C20H24ClNO2. The zero-order chi connectivity index (χ0) is 17.7. The van der Waals surface area contributed by atoms with E-state index in [2.05, 4.69) is 44.3 Å². The second-order valence-electron chi connectivity index (χ2n) is 6.00. The number of ether oxygens (including phenoxy) is 1. The van der Waals surface area contributed by atoms with Crippen molar-refractivity contribution in [3.05, 3.63) is 64.2 Å². The fourth-order valence-corrected chi connectivity index (χ4v) is 2.66. The van der Waals surface area contributed by atoms with Crippen LogP contribution in [0.1, 0.15) is 43.0 Å². The van der Waals surface area contributed by atoms with Crippen molar-refractivity contribution in [3.63, 3.8) is 0 Å². The van der Waals surface area contributed by atoms with Crippen LogP contribution in [-0.2, 0) is 4.79 Å². The second kappa shape index (κ2) is 8.20. The number of para-hydroxylation sites is 1. The van der Waals surface area contributed by atoms with Gasteiger partial charge in [0.15, 0.2) is 6.10 Å². The number of hydrogen-bond donors (Lipinski definition) is 1. The van der Waals surface area contributed by atoms with Crippen molar-refractivity contribution in [1.82, 2.24) is 5.32 Å². The average Bonchev–Trinajstić information content (AvgIpc) is 2.57. The Kier molecular flexibility index (Phi) is 6.27. The number of benzene rings is 2. The number of nitrogens with one attached hydrogen (secondary N) is 1. The minimum atomic E-state index is -0.620. The molecule has 0 fully saturated rings. The zero-order valence-electron chi connectivity index (χ0n) is 14.6. The highest BCUT2D eigenvalue weighted by atomic mass is 35.5. The molecule has 0 aromatic heterocycles. The maximum atomic E-state index is 12.5. The van der Waals surface area contributed by atoms with Crippen LogP contribution in [0.4, 0.5) is 0 Å². The summed E-state index contributed by atoms with van der Waals surface area (Å²) >= 11 is 6.08. The summed E-state index contributed by atoms with van der Waals surface area (Å²) in [5.41, 5.74) is 3.58. The molecule has 0 aliphatic carbocycles. The predicted octanol–water partition coefficient (Wildman–Crippen LogP) is 4.99. The summed E-state index contributed by atoms with van der Waals surface area (Å²) in [4.78, 5) is 12.5. The van der Waals surface area contributed by atoms with Crippen LogP contribution in [0.3, 0.4) is 0 Å². The Morgan fingerprint density at radius 2 is 1.88 bits per heavy atom. The molecule has 2 aromatic rings. The lowest BCUT2D eigenvalue weighted by atomic mass is 9.99. The summed E-state index contributed by atoms with van der Waals surface area (Å²) in [5.74, 6) is 0.362. The Bertz CT molecular complexity index is 715. The van der Waals surface area contributed by atoms with Gasteiger partial charge in [-0.2, -0.15) is 0 Å². The Labute approximate surface area is 149 Å². The SMILES string of the molecule is CCC(NC(=O)C(C)Oc1ccccc1Cl)c1ccc(C)c(C)c1. The van der Waals surface area contributed by atoms with Crippen LogP contribution in [0.5, 0.6) is 5.75 Å². The van der Waals surface area contributed by atoms with Gasteiger partial charge in [0.05, 0.1) is 11.1 Å². The van der Waals surface area contributed by atoms with Crippen molar-refractivity contribution in [3.8, 4) is 5.75 Å². The Morgan fingerprint density at radius 3 is 2.50 bits per heavy atom. The maximum Gasteiger partial charge on any atom is 0.261 e. The van der Waals surface area contributed by atoms with Crippen LogP contribution in [0.25, 0.3) is 0 Å². The molecule has 0 heterocycles. The van der Waals surface area contributed by atoms with Gasteiger partial charge < -0.3 is 10.1 Å². The molecule has 0 saturated carbocycles. The molecule has 2 atom stereocenters. The van der Waals surface area contributed by atoms with E-state index in [0.717, 1.165) is 12.0 Å². The third-order valence-electron chi connectivity index (χ3n) is 4.17. The average molecular weight is 346 g/mol.